The standard InChI is InChI=1S/C4H9.C2H5.9CH4.U/c1-3-4-2;1-2;;;;;;;;;;/h1,3-4H2,2H3;1H2,2H3;9*1H4;/q2*-1;;;;;;;;;;+2. The first-order chi connectivity index (χ1) is 2.91. The average Bonchev–Trinajstić information content (AvgIpc) is 1.72. The van der Waals surface area contributed by atoms with Crippen LogP contribution in [0.1, 0.15) is 93.5 Å². The van der Waals surface area contributed by atoms with Crippen molar-refractivity contribution in [2.45, 2.75) is 93.5 Å². The zero-order valence-electron chi connectivity index (χ0n) is 5.33. The minimum Gasteiger partial charge on any atom is -0.346 e. The van der Waals surface area contributed by atoms with Gasteiger partial charge < -0.3 is 13.8 Å². The van der Waals surface area contributed by atoms with Crippen molar-refractivity contribution >= 4 is 0 Å². The molecule has 0 unspecified atom stereocenters. The maximum absolute atomic E-state index is 3.60. The summed E-state index contributed by atoms with van der Waals surface area (Å²) in [6.07, 6.45) is 2.28. The van der Waals surface area contributed by atoms with Gasteiger partial charge in [0.1, 0.15) is 0 Å². The molecule has 0 heterocycles. The molecule has 0 bridgehead atoms. The molecule has 0 aliphatic heterocycles. The van der Waals surface area contributed by atoms with Crippen molar-refractivity contribution < 1.29 is 31.1 Å². The molecule has 0 fully saturated rings. The topological polar surface area (TPSA) is 0 Å². The summed E-state index contributed by atoms with van der Waals surface area (Å²) < 4.78 is 0. The predicted molar refractivity (Wildman–Crippen MR) is 91.9 cm³/mol. The molecule has 0 aliphatic rings. The van der Waals surface area contributed by atoms with Crippen molar-refractivity contribution in [2.75, 3.05) is 0 Å². The molecular weight excluding hydrogens is 418 g/mol. The van der Waals surface area contributed by atoms with Crippen molar-refractivity contribution in [3.63, 3.8) is 0 Å². The molecule has 16 heavy (non-hydrogen) atoms. The molecule has 0 aromatic rings. The van der Waals surface area contributed by atoms with Gasteiger partial charge in [0.25, 0.3) is 0 Å². The van der Waals surface area contributed by atoms with Crippen LogP contribution >= 0.6 is 0 Å². The van der Waals surface area contributed by atoms with Gasteiger partial charge in [0, 0.05) is 0 Å². The van der Waals surface area contributed by atoms with Crippen molar-refractivity contribution in [1.82, 2.24) is 0 Å². The van der Waals surface area contributed by atoms with Crippen molar-refractivity contribution in [1.29, 1.82) is 0 Å². The van der Waals surface area contributed by atoms with Crippen molar-refractivity contribution in [3.05, 3.63) is 13.8 Å². The first kappa shape index (κ1) is 172. The fourth-order valence-electron chi connectivity index (χ4n) is 0. The van der Waals surface area contributed by atoms with E-state index in [4.69, 9.17) is 0 Å². The summed E-state index contributed by atoms with van der Waals surface area (Å²) in [6, 6.07) is 0. The molecule has 0 aromatic carbocycles. The van der Waals surface area contributed by atoms with Crippen molar-refractivity contribution in [2.24, 2.45) is 0 Å². The molecule has 0 radical (unpaired) electrons. The zero-order valence-corrected chi connectivity index (χ0v) is 9.49. The molecule has 0 N–H and O–H groups in total. The Morgan fingerprint density at radius 3 is 0.688 bits per heavy atom. The number of hydrogen-bond donors (Lipinski definition) is 0. The van der Waals surface area contributed by atoms with E-state index in [2.05, 4.69) is 20.8 Å². The first-order valence-electron chi connectivity index (χ1n) is 2.41. The molecule has 0 aromatic heterocycles. The van der Waals surface area contributed by atoms with Gasteiger partial charge in [-0.05, 0) is 0 Å². The van der Waals surface area contributed by atoms with Crippen LogP contribution < -0.4 is 0 Å². The third-order valence-corrected chi connectivity index (χ3v) is 0.354. The van der Waals surface area contributed by atoms with Gasteiger partial charge in [0.15, 0.2) is 0 Å². The van der Waals surface area contributed by atoms with Gasteiger partial charge in [-0.3, -0.25) is 0 Å². The van der Waals surface area contributed by atoms with Crippen LogP contribution in [0.2, 0.25) is 0 Å². The molecule has 1 heteroatoms. The number of unbranched alkanes of at least 4 members (excludes halogenated alkanes) is 1. The van der Waals surface area contributed by atoms with Crippen LogP contribution in [0.5, 0.6) is 0 Å². The van der Waals surface area contributed by atoms with E-state index in [0.717, 1.165) is 6.42 Å². The van der Waals surface area contributed by atoms with Crippen LogP contribution in [0.15, 0.2) is 0 Å². The summed E-state index contributed by atoms with van der Waals surface area (Å²) in [6.45, 7) is 10.7. The molecule has 0 saturated carbocycles. The summed E-state index contributed by atoms with van der Waals surface area (Å²) in [5.41, 5.74) is 0. The fraction of sp³-hybridized carbons (Fsp3) is 0.867. The Kier molecular flexibility index (Phi) is 4200. The zero-order chi connectivity index (χ0) is 5.41. The smallest absolute Gasteiger partial charge is 0.346 e. The van der Waals surface area contributed by atoms with Gasteiger partial charge in [0.2, 0.25) is 0 Å². The first-order valence-corrected chi connectivity index (χ1v) is 2.41. The average molecular weight is 469 g/mol. The number of hydrogen-bond acceptors (Lipinski definition) is 0. The Hall–Kier alpha value is 1.05. The quantitative estimate of drug-likeness (QED) is 0.340. The van der Waals surface area contributed by atoms with E-state index in [1.54, 1.807) is 6.92 Å². The van der Waals surface area contributed by atoms with Crippen LogP contribution in [0, 0.1) is 45.0 Å². The second-order valence-electron chi connectivity index (χ2n) is 0.854. The van der Waals surface area contributed by atoms with Crippen LogP contribution in [-0.2, 0) is 0 Å². The van der Waals surface area contributed by atoms with E-state index in [-0.39, 0.29) is 98.0 Å². The Labute approximate surface area is 138 Å². The third-order valence-electron chi connectivity index (χ3n) is 0.354. The summed E-state index contributed by atoms with van der Waals surface area (Å²) in [7, 11) is 0. The number of rotatable bonds is 1. The van der Waals surface area contributed by atoms with Gasteiger partial charge >= 0.3 is 31.1 Å². The van der Waals surface area contributed by atoms with E-state index >= 15 is 0 Å². The van der Waals surface area contributed by atoms with Crippen LogP contribution in [0.25, 0.3) is 0 Å². The van der Waals surface area contributed by atoms with Gasteiger partial charge in [-0.15, -0.1) is 0 Å². The molecule has 0 atom stereocenters. The minimum atomic E-state index is 0. The van der Waals surface area contributed by atoms with E-state index in [9.17, 15) is 0 Å². The maximum atomic E-state index is 3.60. The second-order valence-corrected chi connectivity index (χ2v) is 0.854. The van der Waals surface area contributed by atoms with Gasteiger partial charge in [0.05, 0.1) is 0 Å². The van der Waals surface area contributed by atoms with Crippen LogP contribution in [-0.4, -0.2) is 0 Å². The maximum Gasteiger partial charge on any atom is 2.00 e. The molecule has 0 spiro atoms. The molecule has 0 amide bonds. The Morgan fingerprint density at radius 2 is 0.688 bits per heavy atom. The SMILES string of the molecule is C.C.C.C.C.C.C.C.C.[CH2-]C.[CH2-]CCC.[U+2]. The normalized spacial score (nSPS) is 2.25. The summed E-state index contributed by atoms with van der Waals surface area (Å²) in [4.78, 5) is 0. The molecule has 114 valence electrons. The van der Waals surface area contributed by atoms with E-state index in [1.165, 1.54) is 6.42 Å². The van der Waals surface area contributed by atoms with Gasteiger partial charge in [-0.25, -0.2) is 0 Å². The monoisotopic (exact) mass is 468 g/mol. The summed E-state index contributed by atoms with van der Waals surface area (Å²) in [5, 5.41) is 0. The van der Waals surface area contributed by atoms with E-state index < -0.39 is 0 Å². The van der Waals surface area contributed by atoms with Gasteiger partial charge in [-0.1, -0.05) is 80.2 Å². The second kappa shape index (κ2) is 390. The summed E-state index contributed by atoms with van der Waals surface area (Å²) >= 11 is 0. The van der Waals surface area contributed by atoms with E-state index in [0.29, 0.717) is 0 Å². The molecular formula is C15H50U. The Balaban J connectivity index is -0.00000000129. The Morgan fingerprint density at radius 1 is 0.625 bits per heavy atom. The minimum absolute atomic E-state index is 0. The van der Waals surface area contributed by atoms with Gasteiger partial charge in [-0.2, -0.15) is 13.3 Å². The fourth-order valence-corrected chi connectivity index (χ4v) is 0. The molecule has 0 rings (SSSR count). The largest absolute Gasteiger partial charge is 2.00 e. The third kappa shape index (κ3) is 706. The van der Waals surface area contributed by atoms with Crippen molar-refractivity contribution in [3.8, 4) is 0 Å². The summed E-state index contributed by atoms with van der Waals surface area (Å²) in [5.74, 6) is 0. The van der Waals surface area contributed by atoms with Crippen LogP contribution in [0.4, 0.5) is 0 Å². The molecule has 0 nitrogen and oxygen atoms in total. The van der Waals surface area contributed by atoms with E-state index in [1.807, 2.05) is 0 Å². The molecule has 0 aliphatic carbocycles. The van der Waals surface area contributed by atoms with Crippen LogP contribution in [0.3, 0.4) is 0 Å². The Bertz CT molecular complexity index is 7.40. The predicted octanol–water partition coefficient (Wildman–Crippen LogP) is 8.19. The molecule has 0 saturated heterocycles.